The fraction of sp³-hybridized carbons (Fsp3) is 0.818. The molecular formula is C11H21N3O2. The monoisotopic (exact) mass is 227 g/mol. The third-order valence-corrected chi connectivity index (χ3v) is 3.25. The van der Waals surface area contributed by atoms with Crippen molar-refractivity contribution in [3.8, 4) is 0 Å². The van der Waals surface area contributed by atoms with Crippen LogP contribution in [0, 0.1) is 11.8 Å². The molecule has 5 nitrogen and oxygen atoms in total. The van der Waals surface area contributed by atoms with Crippen molar-refractivity contribution in [3.05, 3.63) is 0 Å². The summed E-state index contributed by atoms with van der Waals surface area (Å²) in [6.07, 6.45) is 0. The highest BCUT2D eigenvalue weighted by Gasteiger charge is 2.28. The summed E-state index contributed by atoms with van der Waals surface area (Å²) in [7, 11) is 1.73. The van der Waals surface area contributed by atoms with Crippen molar-refractivity contribution in [2.24, 2.45) is 11.8 Å². The highest BCUT2D eigenvalue weighted by atomic mass is 16.2. The zero-order valence-corrected chi connectivity index (χ0v) is 10.2. The lowest BCUT2D eigenvalue weighted by molar-refractivity contribution is -0.133. The quantitative estimate of drug-likeness (QED) is 0.661. The van der Waals surface area contributed by atoms with Crippen LogP contribution in [0.2, 0.25) is 0 Å². The fourth-order valence-electron chi connectivity index (χ4n) is 1.51. The first-order chi connectivity index (χ1) is 7.56. The van der Waals surface area contributed by atoms with Gasteiger partial charge in [-0.15, -0.1) is 0 Å². The van der Waals surface area contributed by atoms with Gasteiger partial charge < -0.3 is 15.5 Å². The van der Waals surface area contributed by atoms with Crippen molar-refractivity contribution in [1.82, 2.24) is 15.5 Å². The van der Waals surface area contributed by atoms with Crippen molar-refractivity contribution in [2.45, 2.75) is 13.8 Å². The molecule has 0 aromatic heterocycles. The predicted octanol–water partition coefficient (Wildman–Crippen LogP) is -0.564. The van der Waals surface area contributed by atoms with Gasteiger partial charge in [-0.1, -0.05) is 6.92 Å². The Hall–Kier alpha value is -1.10. The van der Waals surface area contributed by atoms with Gasteiger partial charge in [0.1, 0.15) is 0 Å². The Balaban J connectivity index is 2.26. The second-order valence-electron chi connectivity index (χ2n) is 4.33. The molecule has 0 aliphatic carbocycles. The van der Waals surface area contributed by atoms with Gasteiger partial charge >= 0.3 is 0 Å². The molecule has 1 atom stereocenters. The molecule has 1 saturated heterocycles. The fourth-order valence-corrected chi connectivity index (χ4v) is 1.51. The molecule has 1 rings (SSSR count). The minimum absolute atomic E-state index is 0.0130. The number of likely N-dealkylation sites (N-methyl/N-ethyl adjacent to an activating group) is 1. The molecule has 1 heterocycles. The van der Waals surface area contributed by atoms with Gasteiger partial charge in [-0.2, -0.15) is 0 Å². The van der Waals surface area contributed by atoms with E-state index in [-0.39, 0.29) is 24.3 Å². The second-order valence-corrected chi connectivity index (χ2v) is 4.33. The Morgan fingerprint density at radius 2 is 2.12 bits per heavy atom. The molecule has 2 amide bonds. The molecule has 0 aromatic rings. The molecule has 5 heteroatoms. The van der Waals surface area contributed by atoms with E-state index in [4.69, 9.17) is 0 Å². The molecule has 2 N–H and O–H groups in total. The SMILES string of the molecule is CCN(C)C(=O)CNC(=O)C(C)C1CNC1. The molecule has 1 fully saturated rings. The van der Waals surface area contributed by atoms with Gasteiger partial charge in [0.15, 0.2) is 0 Å². The summed E-state index contributed by atoms with van der Waals surface area (Å²) in [5, 5.41) is 5.82. The summed E-state index contributed by atoms with van der Waals surface area (Å²) in [6, 6.07) is 0. The highest BCUT2D eigenvalue weighted by Crippen LogP contribution is 2.15. The Kier molecular flexibility index (Phi) is 4.73. The first kappa shape index (κ1) is 13.0. The van der Waals surface area contributed by atoms with E-state index in [1.807, 2.05) is 13.8 Å². The van der Waals surface area contributed by atoms with E-state index in [0.29, 0.717) is 12.5 Å². The molecule has 0 saturated carbocycles. The van der Waals surface area contributed by atoms with Crippen LogP contribution >= 0.6 is 0 Å². The van der Waals surface area contributed by atoms with Crippen LogP contribution in [-0.2, 0) is 9.59 Å². The third-order valence-electron chi connectivity index (χ3n) is 3.25. The molecule has 92 valence electrons. The van der Waals surface area contributed by atoms with Gasteiger partial charge in [0, 0.05) is 19.5 Å². The Labute approximate surface area is 96.6 Å². The summed E-state index contributed by atoms with van der Waals surface area (Å²) >= 11 is 0. The molecule has 0 bridgehead atoms. The summed E-state index contributed by atoms with van der Waals surface area (Å²) in [5.41, 5.74) is 0. The zero-order chi connectivity index (χ0) is 12.1. The summed E-state index contributed by atoms with van der Waals surface area (Å²) in [5.74, 6) is 0.333. The normalized spacial score (nSPS) is 17.4. The Bertz CT molecular complexity index is 264. The Morgan fingerprint density at radius 3 is 2.56 bits per heavy atom. The number of nitrogens with one attached hydrogen (secondary N) is 2. The first-order valence-electron chi connectivity index (χ1n) is 5.78. The average Bonchev–Trinajstić information content (AvgIpc) is 2.21. The molecule has 1 aliphatic rings. The van der Waals surface area contributed by atoms with Gasteiger partial charge in [0.2, 0.25) is 11.8 Å². The maximum Gasteiger partial charge on any atom is 0.241 e. The lowest BCUT2D eigenvalue weighted by Crippen LogP contribution is -2.50. The van der Waals surface area contributed by atoms with Gasteiger partial charge in [-0.25, -0.2) is 0 Å². The molecular weight excluding hydrogens is 206 g/mol. The van der Waals surface area contributed by atoms with Gasteiger partial charge in [0.25, 0.3) is 0 Å². The van der Waals surface area contributed by atoms with Gasteiger partial charge in [-0.3, -0.25) is 9.59 Å². The van der Waals surface area contributed by atoms with E-state index in [9.17, 15) is 9.59 Å². The molecule has 0 radical (unpaired) electrons. The minimum Gasteiger partial charge on any atom is -0.347 e. The lowest BCUT2D eigenvalue weighted by Gasteiger charge is -2.31. The molecule has 1 unspecified atom stereocenters. The third kappa shape index (κ3) is 3.20. The molecule has 16 heavy (non-hydrogen) atoms. The van der Waals surface area contributed by atoms with Crippen molar-refractivity contribution in [3.63, 3.8) is 0 Å². The molecule has 0 spiro atoms. The number of amides is 2. The maximum absolute atomic E-state index is 11.7. The predicted molar refractivity (Wildman–Crippen MR) is 61.8 cm³/mol. The van der Waals surface area contributed by atoms with E-state index < -0.39 is 0 Å². The van der Waals surface area contributed by atoms with Crippen LogP contribution in [0.25, 0.3) is 0 Å². The maximum atomic E-state index is 11.7. The highest BCUT2D eigenvalue weighted by molar-refractivity contribution is 5.85. The largest absolute Gasteiger partial charge is 0.347 e. The Morgan fingerprint density at radius 1 is 1.50 bits per heavy atom. The number of nitrogens with zero attached hydrogens (tertiary/aromatic N) is 1. The van der Waals surface area contributed by atoms with Crippen molar-refractivity contribution < 1.29 is 9.59 Å². The topological polar surface area (TPSA) is 61.4 Å². The van der Waals surface area contributed by atoms with E-state index in [0.717, 1.165) is 13.1 Å². The molecule has 0 aromatic carbocycles. The van der Waals surface area contributed by atoms with Crippen LogP contribution in [0.15, 0.2) is 0 Å². The van der Waals surface area contributed by atoms with E-state index in [1.165, 1.54) is 0 Å². The second kappa shape index (κ2) is 5.84. The van der Waals surface area contributed by atoms with Crippen molar-refractivity contribution >= 4 is 11.8 Å². The van der Waals surface area contributed by atoms with Crippen LogP contribution in [0.3, 0.4) is 0 Å². The van der Waals surface area contributed by atoms with E-state index in [1.54, 1.807) is 11.9 Å². The lowest BCUT2D eigenvalue weighted by atomic mass is 9.88. The number of rotatable bonds is 5. The smallest absolute Gasteiger partial charge is 0.241 e. The van der Waals surface area contributed by atoms with Crippen LogP contribution in [0.1, 0.15) is 13.8 Å². The van der Waals surface area contributed by atoms with Crippen molar-refractivity contribution in [1.29, 1.82) is 0 Å². The number of carbonyl (C=O) groups is 2. The van der Waals surface area contributed by atoms with Crippen LogP contribution in [-0.4, -0.2) is 49.9 Å². The van der Waals surface area contributed by atoms with E-state index in [2.05, 4.69) is 10.6 Å². The zero-order valence-electron chi connectivity index (χ0n) is 10.2. The first-order valence-corrected chi connectivity index (χ1v) is 5.78. The van der Waals surface area contributed by atoms with Crippen LogP contribution in [0.4, 0.5) is 0 Å². The molecule has 1 aliphatic heterocycles. The number of hydrogen-bond donors (Lipinski definition) is 2. The average molecular weight is 227 g/mol. The summed E-state index contributed by atoms with van der Waals surface area (Å²) in [6.45, 7) is 6.39. The van der Waals surface area contributed by atoms with E-state index >= 15 is 0 Å². The minimum atomic E-state index is -0.0465. The van der Waals surface area contributed by atoms with Crippen LogP contribution < -0.4 is 10.6 Å². The summed E-state index contributed by atoms with van der Waals surface area (Å²) in [4.78, 5) is 24.7. The van der Waals surface area contributed by atoms with Gasteiger partial charge in [0.05, 0.1) is 6.54 Å². The van der Waals surface area contributed by atoms with Crippen LogP contribution in [0.5, 0.6) is 0 Å². The summed E-state index contributed by atoms with van der Waals surface area (Å²) < 4.78 is 0. The standard InChI is InChI=1S/C11H21N3O2/c1-4-14(3)10(15)7-13-11(16)8(2)9-5-12-6-9/h8-9,12H,4-7H2,1-3H3,(H,13,16). The van der Waals surface area contributed by atoms with Crippen molar-refractivity contribution in [2.75, 3.05) is 33.2 Å². The van der Waals surface area contributed by atoms with Gasteiger partial charge in [-0.05, 0) is 25.9 Å². The number of carbonyl (C=O) groups excluding carboxylic acids is 2. The number of hydrogen-bond acceptors (Lipinski definition) is 3.